The molecular formula is C19H14F4N6O2. The molecule has 4 aromatic rings. The minimum atomic E-state index is -4.72. The smallest absolute Gasteiger partial charge is 0.433 e. The van der Waals surface area contributed by atoms with Crippen molar-refractivity contribution in [1.29, 1.82) is 0 Å². The molecule has 5 rings (SSSR count). The van der Waals surface area contributed by atoms with Gasteiger partial charge in [-0.15, -0.1) is 0 Å². The molecule has 0 spiro atoms. The molecule has 1 amide bonds. The summed E-state index contributed by atoms with van der Waals surface area (Å²) in [6.07, 6.45) is -2.54. The van der Waals surface area contributed by atoms with E-state index in [1.54, 1.807) is 0 Å². The van der Waals surface area contributed by atoms with Crippen molar-refractivity contribution in [3.8, 4) is 11.3 Å². The van der Waals surface area contributed by atoms with Crippen molar-refractivity contribution in [2.45, 2.75) is 19.1 Å². The van der Waals surface area contributed by atoms with Crippen LogP contribution in [0.5, 0.6) is 0 Å². The number of aromatic nitrogens is 5. The highest BCUT2D eigenvalue weighted by Gasteiger charge is 2.38. The molecule has 1 aliphatic rings. The number of methoxy groups -OCH3 is 1. The first-order chi connectivity index (χ1) is 14.8. The summed E-state index contributed by atoms with van der Waals surface area (Å²) in [4.78, 5) is 17.8. The summed E-state index contributed by atoms with van der Waals surface area (Å²) in [5.41, 5.74) is -0.131. The third kappa shape index (κ3) is 2.89. The maximum atomic E-state index is 14.9. The van der Waals surface area contributed by atoms with Crippen LogP contribution in [-0.2, 0) is 23.9 Å². The highest BCUT2D eigenvalue weighted by Crippen LogP contribution is 2.41. The maximum Gasteiger partial charge on any atom is 0.433 e. The summed E-state index contributed by atoms with van der Waals surface area (Å²) in [7, 11) is 1.22. The first-order valence-electron chi connectivity index (χ1n) is 9.20. The Balaban J connectivity index is 1.86. The fraction of sp³-hybridized carbons (Fsp3) is 0.263. The van der Waals surface area contributed by atoms with Gasteiger partial charge in [0.1, 0.15) is 11.2 Å². The van der Waals surface area contributed by atoms with Gasteiger partial charge in [0.15, 0.2) is 5.82 Å². The lowest BCUT2D eigenvalue weighted by Gasteiger charge is -2.30. The van der Waals surface area contributed by atoms with Crippen LogP contribution in [0.4, 0.5) is 22.4 Å². The van der Waals surface area contributed by atoms with Crippen molar-refractivity contribution in [3.63, 3.8) is 0 Å². The number of halogens is 4. The maximum absolute atomic E-state index is 14.9. The summed E-state index contributed by atoms with van der Waals surface area (Å²) >= 11 is 0. The molecule has 0 radical (unpaired) electrons. The van der Waals surface area contributed by atoms with Gasteiger partial charge in [-0.05, 0) is 12.0 Å². The second-order valence-electron chi connectivity index (χ2n) is 7.13. The molecule has 1 aliphatic heterocycles. The van der Waals surface area contributed by atoms with Crippen LogP contribution in [0.3, 0.4) is 0 Å². The number of amides is 1. The lowest BCUT2D eigenvalue weighted by molar-refractivity contribution is -0.140. The van der Waals surface area contributed by atoms with E-state index >= 15 is 0 Å². The molecule has 4 heterocycles. The number of pyridine rings is 1. The zero-order chi connectivity index (χ0) is 21.9. The molecule has 2 N–H and O–H groups in total. The van der Waals surface area contributed by atoms with Gasteiger partial charge in [-0.25, -0.2) is 14.2 Å². The molecule has 12 heteroatoms. The fourth-order valence-electron chi connectivity index (χ4n) is 4.09. The summed E-state index contributed by atoms with van der Waals surface area (Å²) in [6, 6.07) is 1.21. The predicted octanol–water partition coefficient (Wildman–Crippen LogP) is 3.78. The number of ether oxygens (including phenoxy) is 1. The highest BCUT2D eigenvalue weighted by atomic mass is 19.4. The lowest BCUT2D eigenvalue weighted by Crippen LogP contribution is -2.36. The number of hydrogen-bond acceptors (Lipinski definition) is 5. The molecule has 1 aromatic carbocycles. The Morgan fingerprint density at radius 3 is 2.71 bits per heavy atom. The van der Waals surface area contributed by atoms with E-state index in [-0.39, 0.29) is 36.3 Å². The Labute approximate surface area is 171 Å². The van der Waals surface area contributed by atoms with Crippen LogP contribution in [-0.4, -0.2) is 50.0 Å². The van der Waals surface area contributed by atoms with Gasteiger partial charge in [0.25, 0.3) is 0 Å². The summed E-state index contributed by atoms with van der Waals surface area (Å²) in [6.45, 7) is 0.213. The Morgan fingerprint density at radius 2 is 1.97 bits per heavy atom. The normalized spacial score (nSPS) is 14.3. The third-order valence-electron chi connectivity index (χ3n) is 5.44. The molecule has 0 unspecified atom stereocenters. The average Bonchev–Trinajstić information content (AvgIpc) is 3.41. The van der Waals surface area contributed by atoms with E-state index in [0.29, 0.717) is 27.4 Å². The number of carbonyl (C=O) groups excluding carboxylic acids is 1. The monoisotopic (exact) mass is 434 g/mol. The van der Waals surface area contributed by atoms with Crippen molar-refractivity contribution < 1.29 is 27.1 Å². The van der Waals surface area contributed by atoms with Crippen LogP contribution >= 0.6 is 0 Å². The van der Waals surface area contributed by atoms with Crippen LogP contribution < -0.4 is 0 Å². The lowest BCUT2D eigenvalue weighted by atomic mass is 9.90. The number of alkyl halides is 3. The van der Waals surface area contributed by atoms with Crippen molar-refractivity contribution in [2.24, 2.45) is 0 Å². The second kappa shape index (κ2) is 6.65. The van der Waals surface area contributed by atoms with Gasteiger partial charge in [-0.2, -0.15) is 23.4 Å². The predicted molar refractivity (Wildman–Crippen MR) is 100 cm³/mol. The van der Waals surface area contributed by atoms with Crippen LogP contribution in [0.1, 0.15) is 16.8 Å². The zero-order valence-electron chi connectivity index (χ0n) is 16.0. The molecule has 160 valence electrons. The standard InChI is InChI=1S/C19H14F4N6O2/c1-31-18(30)29-3-2-8-11(7-29)15(10-6-25-28-17(10)19(21,22)23)26-16-12(20)4-13-9(14(8)16)5-24-27-13/h4-6H,2-3,7H2,1H3,(H,24,27)(H,25,28). The van der Waals surface area contributed by atoms with Gasteiger partial charge < -0.3 is 9.64 Å². The number of benzene rings is 1. The van der Waals surface area contributed by atoms with E-state index in [1.807, 2.05) is 5.10 Å². The molecule has 0 saturated carbocycles. The Morgan fingerprint density at radius 1 is 1.19 bits per heavy atom. The molecule has 0 bridgehead atoms. The zero-order valence-corrected chi connectivity index (χ0v) is 16.0. The fourth-order valence-corrected chi connectivity index (χ4v) is 4.09. The number of nitrogens with zero attached hydrogens (tertiary/aromatic N) is 4. The van der Waals surface area contributed by atoms with Crippen molar-refractivity contribution in [2.75, 3.05) is 13.7 Å². The van der Waals surface area contributed by atoms with E-state index in [1.165, 1.54) is 24.3 Å². The van der Waals surface area contributed by atoms with Gasteiger partial charge in [-0.1, -0.05) is 0 Å². The van der Waals surface area contributed by atoms with Crippen molar-refractivity contribution in [3.05, 3.63) is 41.1 Å². The molecule has 31 heavy (non-hydrogen) atoms. The first kappa shape index (κ1) is 19.3. The number of aromatic amines is 2. The van der Waals surface area contributed by atoms with Crippen LogP contribution in [0.25, 0.3) is 33.1 Å². The van der Waals surface area contributed by atoms with E-state index in [2.05, 4.69) is 20.3 Å². The quantitative estimate of drug-likeness (QED) is 0.444. The molecular weight excluding hydrogens is 420 g/mol. The Kier molecular flexibility index (Phi) is 4.14. The average molecular weight is 434 g/mol. The van der Waals surface area contributed by atoms with E-state index in [4.69, 9.17) is 4.74 Å². The molecule has 0 aliphatic carbocycles. The summed E-state index contributed by atoms with van der Waals surface area (Å²) < 4.78 is 60.4. The van der Waals surface area contributed by atoms with Gasteiger partial charge in [0.05, 0.1) is 42.8 Å². The largest absolute Gasteiger partial charge is 0.453 e. The van der Waals surface area contributed by atoms with Gasteiger partial charge in [0.2, 0.25) is 0 Å². The Hall–Kier alpha value is -3.70. The number of nitrogens with one attached hydrogen (secondary N) is 2. The van der Waals surface area contributed by atoms with E-state index in [9.17, 15) is 22.4 Å². The summed E-state index contributed by atoms with van der Waals surface area (Å²) in [5.74, 6) is -0.691. The SMILES string of the molecule is COC(=O)N1CCc2c(c(-c3cn[nH]c3C(F)(F)F)nc3c(F)cc4[nH]ncc4c23)C1. The topological polar surface area (TPSA) is 99.8 Å². The van der Waals surface area contributed by atoms with Crippen LogP contribution in [0.2, 0.25) is 0 Å². The molecule has 0 fully saturated rings. The number of fused-ring (bicyclic) bond motifs is 5. The first-order valence-corrected chi connectivity index (χ1v) is 9.20. The molecule has 0 atom stereocenters. The third-order valence-corrected chi connectivity index (χ3v) is 5.44. The number of carbonyl (C=O) groups is 1. The van der Waals surface area contributed by atoms with Gasteiger partial charge >= 0.3 is 12.3 Å². The minimum absolute atomic E-state index is 0.0430. The Bertz CT molecular complexity index is 1340. The van der Waals surface area contributed by atoms with Gasteiger partial charge in [0, 0.05) is 28.9 Å². The van der Waals surface area contributed by atoms with Gasteiger partial charge in [-0.3, -0.25) is 10.2 Å². The number of hydrogen-bond donors (Lipinski definition) is 2. The highest BCUT2D eigenvalue weighted by molar-refractivity contribution is 6.08. The molecule has 8 nitrogen and oxygen atoms in total. The molecule has 3 aromatic heterocycles. The molecule has 0 saturated heterocycles. The van der Waals surface area contributed by atoms with Crippen molar-refractivity contribution in [1.82, 2.24) is 30.3 Å². The van der Waals surface area contributed by atoms with Crippen molar-refractivity contribution >= 4 is 27.9 Å². The number of H-pyrrole nitrogens is 2. The number of rotatable bonds is 1. The summed E-state index contributed by atoms with van der Waals surface area (Å²) in [5, 5.41) is 13.2. The van der Waals surface area contributed by atoms with E-state index < -0.39 is 23.8 Å². The van der Waals surface area contributed by atoms with Crippen LogP contribution in [0.15, 0.2) is 18.5 Å². The van der Waals surface area contributed by atoms with Crippen LogP contribution in [0, 0.1) is 5.82 Å². The minimum Gasteiger partial charge on any atom is -0.453 e. The second-order valence-corrected chi connectivity index (χ2v) is 7.13. The van der Waals surface area contributed by atoms with E-state index in [0.717, 1.165) is 6.20 Å².